The fourth-order valence-corrected chi connectivity index (χ4v) is 2.46. The highest BCUT2D eigenvalue weighted by Gasteiger charge is 2.30. The van der Waals surface area contributed by atoms with Crippen LogP contribution in [-0.2, 0) is 0 Å². The predicted molar refractivity (Wildman–Crippen MR) is 73.6 cm³/mol. The lowest BCUT2D eigenvalue weighted by atomic mass is 9.78. The average molecular weight is 263 g/mol. The van der Waals surface area contributed by atoms with Crippen LogP contribution in [0.1, 0.15) is 49.3 Å². The molecule has 2 heterocycles. The maximum Gasteiger partial charge on any atom is 0.341 e. The van der Waals surface area contributed by atoms with Crippen LogP contribution in [0.3, 0.4) is 0 Å². The van der Waals surface area contributed by atoms with Crippen molar-refractivity contribution in [3.05, 3.63) is 17.6 Å². The third-order valence-corrected chi connectivity index (χ3v) is 4.24. The molecule has 1 N–H and O–H groups in total. The fraction of sp³-hybridized carbons (Fsp3) is 0.643. The van der Waals surface area contributed by atoms with Gasteiger partial charge in [0.25, 0.3) is 0 Å². The van der Waals surface area contributed by atoms with Gasteiger partial charge in [0.2, 0.25) is 0 Å². The van der Waals surface area contributed by atoms with Crippen molar-refractivity contribution in [2.45, 2.75) is 40.0 Å². The average Bonchev–Trinajstić information content (AvgIpc) is 2.39. The molecule has 2 rings (SSSR count). The Labute approximate surface area is 113 Å². The Kier molecular flexibility index (Phi) is 3.73. The van der Waals surface area contributed by atoms with Crippen LogP contribution in [0.5, 0.6) is 0 Å². The number of rotatable bonds is 3. The molecule has 0 bridgehead atoms. The van der Waals surface area contributed by atoms with Crippen LogP contribution in [0, 0.1) is 12.3 Å². The fourth-order valence-electron chi connectivity index (χ4n) is 2.46. The largest absolute Gasteiger partial charge is 0.477 e. The van der Waals surface area contributed by atoms with Gasteiger partial charge in [-0.15, -0.1) is 0 Å². The molecule has 0 amide bonds. The summed E-state index contributed by atoms with van der Waals surface area (Å²) in [5.41, 5.74) is 0.577. The first-order valence-corrected chi connectivity index (χ1v) is 6.77. The van der Waals surface area contributed by atoms with Crippen molar-refractivity contribution in [2.24, 2.45) is 5.41 Å². The Bertz CT molecular complexity index is 480. The summed E-state index contributed by atoms with van der Waals surface area (Å²) in [4.78, 5) is 21.6. The number of anilines is 1. The van der Waals surface area contributed by atoms with Crippen molar-refractivity contribution >= 4 is 11.8 Å². The second-order valence-electron chi connectivity index (χ2n) is 5.61. The highest BCUT2D eigenvalue weighted by Crippen LogP contribution is 2.35. The number of carboxylic acid groups (broad SMARTS) is 1. The van der Waals surface area contributed by atoms with Crippen LogP contribution in [0.4, 0.5) is 5.82 Å². The van der Waals surface area contributed by atoms with Crippen LogP contribution >= 0.6 is 0 Å². The second-order valence-corrected chi connectivity index (χ2v) is 5.61. The summed E-state index contributed by atoms with van der Waals surface area (Å²) in [6.45, 7) is 8.03. The minimum Gasteiger partial charge on any atom is -0.477 e. The van der Waals surface area contributed by atoms with Crippen molar-refractivity contribution in [3.63, 3.8) is 0 Å². The van der Waals surface area contributed by atoms with E-state index in [0.717, 1.165) is 32.4 Å². The SMILES string of the molecule is CCC1(C)CCN(c2nc(C)ncc2C(=O)O)CC1. The van der Waals surface area contributed by atoms with E-state index in [4.69, 9.17) is 0 Å². The summed E-state index contributed by atoms with van der Waals surface area (Å²) in [5.74, 6) is 0.223. The van der Waals surface area contributed by atoms with Crippen molar-refractivity contribution < 1.29 is 9.90 Å². The number of hydrogen-bond acceptors (Lipinski definition) is 4. The molecule has 0 spiro atoms. The molecule has 1 aromatic rings. The van der Waals surface area contributed by atoms with E-state index in [2.05, 4.69) is 28.7 Å². The molecule has 19 heavy (non-hydrogen) atoms. The molecule has 1 aliphatic rings. The zero-order valence-corrected chi connectivity index (χ0v) is 11.8. The minimum absolute atomic E-state index is 0.200. The Morgan fingerprint density at radius 2 is 2.11 bits per heavy atom. The van der Waals surface area contributed by atoms with Crippen molar-refractivity contribution in [2.75, 3.05) is 18.0 Å². The number of hydrogen-bond donors (Lipinski definition) is 1. The molecule has 104 valence electrons. The first kappa shape index (κ1) is 13.8. The highest BCUT2D eigenvalue weighted by molar-refractivity contribution is 5.92. The van der Waals surface area contributed by atoms with Gasteiger partial charge in [-0.3, -0.25) is 0 Å². The van der Waals surface area contributed by atoms with Crippen LogP contribution in [-0.4, -0.2) is 34.1 Å². The number of aromatic carboxylic acids is 1. The number of aryl methyl sites for hydroxylation is 1. The Morgan fingerprint density at radius 3 is 2.63 bits per heavy atom. The Balaban J connectivity index is 2.24. The van der Waals surface area contributed by atoms with Crippen molar-refractivity contribution in [1.29, 1.82) is 0 Å². The van der Waals surface area contributed by atoms with Crippen LogP contribution in [0.2, 0.25) is 0 Å². The first-order valence-electron chi connectivity index (χ1n) is 6.77. The smallest absolute Gasteiger partial charge is 0.341 e. The molecule has 5 heteroatoms. The number of nitrogens with zero attached hydrogens (tertiary/aromatic N) is 3. The summed E-state index contributed by atoms with van der Waals surface area (Å²) >= 11 is 0. The Hall–Kier alpha value is -1.65. The number of aromatic nitrogens is 2. The monoisotopic (exact) mass is 263 g/mol. The van der Waals surface area contributed by atoms with Gasteiger partial charge in [0.15, 0.2) is 0 Å². The van der Waals surface area contributed by atoms with Crippen LogP contribution in [0.25, 0.3) is 0 Å². The molecular weight excluding hydrogens is 242 g/mol. The molecule has 0 atom stereocenters. The molecule has 0 radical (unpaired) electrons. The molecule has 1 aromatic heterocycles. The van der Waals surface area contributed by atoms with Gasteiger partial charge < -0.3 is 10.0 Å². The molecule has 0 aromatic carbocycles. The zero-order chi connectivity index (χ0) is 14.0. The van der Waals surface area contributed by atoms with Crippen LogP contribution in [0.15, 0.2) is 6.20 Å². The number of carboxylic acids is 1. The van der Waals surface area contributed by atoms with Gasteiger partial charge >= 0.3 is 5.97 Å². The molecule has 0 aliphatic carbocycles. The highest BCUT2D eigenvalue weighted by atomic mass is 16.4. The molecule has 1 fully saturated rings. The predicted octanol–water partition coefficient (Wildman–Crippen LogP) is 2.50. The zero-order valence-electron chi connectivity index (χ0n) is 11.8. The summed E-state index contributed by atoms with van der Waals surface area (Å²) in [5, 5.41) is 9.23. The van der Waals surface area contributed by atoms with E-state index in [1.54, 1.807) is 6.92 Å². The summed E-state index contributed by atoms with van der Waals surface area (Å²) in [7, 11) is 0. The van der Waals surface area contributed by atoms with Gasteiger partial charge in [0.05, 0.1) is 0 Å². The van der Waals surface area contributed by atoms with Gasteiger partial charge in [-0.1, -0.05) is 20.3 Å². The van der Waals surface area contributed by atoms with E-state index in [9.17, 15) is 9.90 Å². The Morgan fingerprint density at radius 1 is 1.47 bits per heavy atom. The van der Waals surface area contributed by atoms with Crippen molar-refractivity contribution in [1.82, 2.24) is 9.97 Å². The molecule has 1 aliphatic heterocycles. The minimum atomic E-state index is -0.959. The molecule has 5 nitrogen and oxygen atoms in total. The quantitative estimate of drug-likeness (QED) is 0.907. The lowest BCUT2D eigenvalue weighted by Gasteiger charge is -2.39. The van der Waals surface area contributed by atoms with Crippen LogP contribution < -0.4 is 4.90 Å². The van der Waals surface area contributed by atoms with E-state index >= 15 is 0 Å². The second kappa shape index (κ2) is 5.15. The van der Waals surface area contributed by atoms with E-state index < -0.39 is 5.97 Å². The lowest BCUT2D eigenvalue weighted by molar-refractivity contribution is 0.0696. The van der Waals surface area contributed by atoms with Gasteiger partial charge in [-0.2, -0.15) is 0 Å². The van der Waals surface area contributed by atoms with Gasteiger partial charge in [0, 0.05) is 19.3 Å². The molecule has 1 saturated heterocycles. The van der Waals surface area contributed by atoms with E-state index in [1.807, 2.05) is 0 Å². The molecule has 0 unspecified atom stereocenters. The van der Waals surface area contributed by atoms with E-state index in [0.29, 0.717) is 17.1 Å². The first-order chi connectivity index (χ1) is 8.95. The maximum atomic E-state index is 11.3. The van der Waals surface area contributed by atoms with E-state index in [-0.39, 0.29) is 5.56 Å². The lowest BCUT2D eigenvalue weighted by Crippen LogP contribution is -2.39. The topological polar surface area (TPSA) is 66.3 Å². The molecular formula is C14H21N3O2. The van der Waals surface area contributed by atoms with Gasteiger partial charge in [-0.25, -0.2) is 14.8 Å². The summed E-state index contributed by atoms with van der Waals surface area (Å²) in [6.07, 6.45) is 4.72. The van der Waals surface area contributed by atoms with E-state index in [1.165, 1.54) is 6.20 Å². The van der Waals surface area contributed by atoms with Gasteiger partial charge in [0.1, 0.15) is 17.2 Å². The summed E-state index contributed by atoms with van der Waals surface area (Å²) < 4.78 is 0. The number of piperidine rings is 1. The number of carbonyl (C=O) groups is 1. The summed E-state index contributed by atoms with van der Waals surface area (Å²) in [6, 6.07) is 0. The van der Waals surface area contributed by atoms with Crippen molar-refractivity contribution in [3.8, 4) is 0 Å². The third-order valence-electron chi connectivity index (χ3n) is 4.24. The maximum absolute atomic E-state index is 11.3. The standard InChI is InChI=1S/C14H21N3O2/c1-4-14(3)5-7-17(8-6-14)12-11(13(18)19)9-15-10(2)16-12/h9H,4-8H2,1-3H3,(H,18,19). The van der Waals surface area contributed by atoms with Gasteiger partial charge in [-0.05, 0) is 25.2 Å². The normalized spacial score (nSPS) is 18.4. The molecule has 0 saturated carbocycles. The third kappa shape index (κ3) is 2.85.